The molecular weight excluding hydrogens is 252 g/mol. The van der Waals surface area contributed by atoms with Crippen LogP contribution in [0, 0.1) is 5.41 Å². The van der Waals surface area contributed by atoms with Crippen molar-refractivity contribution in [2.24, 2.45) is 11.1 Å². The number of ether oxygens (including phenoxy) is 1. The number of nitrogens with one attached hydrogen (secondary N) is 1. The number of nitrogens with two attached hydrogens (primary N) is 1. The molecule has 4 nitrogen and oxygen atoms in total. The predicted octanol–water partition coefficient (Wildman–Crippen LogP) is 2.60. The molecule has 2 unspecified atom stereocenters. The summed E-state index contributed by atoms with van der Waals surface area (Å²) in [7, 11) is 0. The Morgan fingerprint density at radius 2 is 1.80 bits per heavy atom. The van der Waals surface area contributed by atoms with Crippen LogP contribution in [-0.2, 0) is 9.53 Å². The minimum Gasteiger partial charge on any atom is -0.361 e. The van der Waals surface area contributed by atoms with E-state index in [-0.39, 0.29) is 17.6 Å². The zero-order valence-corrected chi connectivity index (χ0v) is 13.8. The lowest BCUT2D eigenvalue weighted by Crippen LogP contribution is -2.50. The molecule has 0 aromatic carbocycles. The summed E-state index contributed by atoms with van der Waals surface area (Å²) in [6, 6.07) is 0.188. The van der Waals surface area contributed by atoms with E-state index < -0.39 is 6.10 Å². The van der Waals surface area contributed by atoms with Crippen molar-refractivity contribution in [2.75, 3.05) is 6.54 Å². The molecule has 4 heteroatoms. The Bertz CT molecular complexity index is 318. The smallest absolute Gasteiger partial charge is 0.249 e. The molecule has 2 atom stereocenters. The van der Waals surface area contributed by atoms with Gasteiger partial charge in [-0.1, -0.05) is 20.8 Å². The van der Waals surface area contributed by atoms with Crippen LogP contribution in [-0.4, -0.2) is 30.2 Å². The highest BCUT2D eigenvalue weighted by Gasteiger charge is 2.40. The third kappa shape index (κ3) is 4.74. The van der Waals surface area contributed by atoms with Gasteiger partial charge in [0.2, 0.25) is 5.91 Å². The van der Waals surface area contributed by atoms with Gasteiger partial charge >= 0.3 is 0 Å². The maximum absolute atomic E-state index is 12.1. The fourth-order valence-corrected chi connectivity index (χ4v) is 2.64. The highest BCUT2D eigenvalue weighted by Crippen LogP contribution is 2.42. The molecule has 1 saturated carbocycles. The zero-order chi connectivity index (χ0) is 15.4. The van der Waals surface area contributed by atoms with Crippen LogP contribution >= 0.6 is 0 Å². The second-order valence-corrected chi connectivity index (χ2v) is 7.13. The molecule has 1 aliphatic carbocycles. The first-order valence-electron chi connectivity index (χ1n) is 7.92. The molecule has 0 saturated heterocycles. The van der Waals surface area contributed by atoms with Crippen molar-refractivity contribution in [3.8, 4) is 0 Å². The summed E-state index contributed by atoms with van der Waals surface area (Å²) in [6.07, 6.45) is 4.57. The second-order valence-electron chi connectivity index (χ2n) is 7.13. The quantitative estimate of drug-likeness (QED) is 0.788. The highest BCUT2D eigenvalue weighted by molar-refractivity contribution is 5.80. The Hall–Kier alpha value is -0.610. The average Bonchev–Trinajstić information content (AvgIpc) is 2.41. The Balaban J connectivity index is 2.58. The van der Waals surface area contributed by atoms with Crippen molar-refractivity contribution >= 4 is 5.91 Å². The van der Waals surface area contributed by atoms with Gasteiger partial charge in [-0.25, -0.2) is 0 Å². The first kappa shape index (κ1) is 17.4. The van der Waals surface area contributed by atoms with Gasteiger partial charge in [-0.05, 0) is 51.4 Å². The van der Waals surface area contributed by atoms with Crippen molar-refractivity contribution < 1.29 is 9.53 Å². The van der Waals surface area contributed by atoms with Crippen LogP contribution in [0.15, 0.2) is 0 Å². The Morgan fingerprint density at radius 3 is 2.25 bits per heavy atom. The van der Waals surface area contributed by atoms with Gasteiger partial charge in [-0.15, -0.1) is 0 Å². The van der Waals surface area contributed by atoms with Gasteiger partial charge in [-0.2, -0.15) is 0 Å². The second kappa shape index (κ2) is 6.90. The lowest BCUT2D eigenvalue weighted by molar-refractivity contribution is -0.152. The van der Waals surface area contributed by atoms with Crippen LogP contribution in [0.3, 0.4) is 0 Å². The normalized spacial score (nSPS) is 23.9. The van der Waals surface area contributed by atoms with Crippen LogP contribution in [0.4, 0.5) is 0 Å². The molecule has 0 aromatic rings. The monoisotopic (exact) mass is 284 g/mol. The fraction of sp³-hybridized carbons (Fsp3) is 0.938. The van der Waals surface area contributed by atoms with E-state index in [9.17, 15) is 4.79 Å². The van der Waals surface area contributed by atoms with E-state index in [2.05, 4.69) is 26.1 Å². The van der Waals surface area contributed by atoms with Crippen LogP contribution in [0.5, 0.6) is 0 Å². The minimum absolute atomic E-state index is 0.0305. The number of carbonyl (C=O) groups excluding carboxylic acids is 1. The maximum atomic E-state index is 12.1. The van der Waals surface area contributed by atoms with E-state index in [1.807, 2.05) is 13.8 Å². The summed E-state index contributed by atoms with van der Waals surface area (Å²) in [5, 5.41) is 2.97. The van der Waals surface area contributed by atoms with E-state index in [0.717, 1.165) is 32.1 Å². The van der Waals surface area contributed by atoms with Crippen molar-refractivity contribution in [1.82, 2.24) is 5.32 Å². The van der Waals surface area contributed by atoms with E-state index in [0.29, 0.717) is 12.0 Å². The predicted molar refractivity (Wildman–Crippen MR) is 82.5 cm³/mol. The molecule has 1 fully saturated rings. The molecule has 1 aliphatic rings. The van der Waals surface area contributed by atoms with Gasteiger partial charge in [0.15, 0.2) is 0 Å². The first-order chi connectivity index (χ1) is 9.23. The van der Waals surface area contributed by atoms with Gasteiger partial charge in [0.05, 0.1) is 5.60 Å². The van der Waals surface area contributed by atoms with Gasteiger partial charge in [0, 0.05) is 12.6 Å². The first-order valence-corrected chi connectivity index (χ1v) is 7.92. The summed E-state index contributed by atoms with van der Waals surface area (Å²) >= 11 is 0. The van der Waals surface area contributed by atoms with Gasteiger partial charge in [0.1, 0.15) is 6.10 Å². The molecular formula is C16H32N2O2. The summed E-state index contributed by atoms with van der Waals surface area (Å²) in [4.78, 5) is 12.1. The molecule has 0 aliphatic heterocycles. The lowest BCUT2D eigenvalue weighted by Gasteiger charge is -2.44. The summed E-state index contributed by atoms with van der Waals surface area (Å²) < 4.78 is 6.09. The van der Waals surface area contributed by atoms with Crippen molar-refractivity contribution in [3.05, 3.63) is 0 Å². The molecule has 20 heavy (non-hydrogen) atoms. The maximum Gasteiger partial charge on any atom is 0.249 e. The van der Waals surface area contributed by atoms with E-state index in [1.165, 1.54) is 0 Å². The Labute approximate surface area is 123 Å². The molecule has 0 spiro atoms. The standard InChI is InChI=1S/C16H32N2O2/c1-6-12(2)18-14(19)13(3)20-16(11-17)9-7-15(4,5)8-10-16/h12-13H,6-11,17H2,1-5H3,(H,18,19). The van der Waals surface area contributed by atoms with Crippen LogP contribution in [0.2, 0.25) is 0 Å². The Kier molecular flexibility index (Phi) is 6.02. The lowest BCUT2D eigenvalue weighted by atomic mass is 9.71. The van der Waals surface area contributed by atoms with Crippen LogP contribution < -0.4 is 11.1 Å². The molecule has 118 valence electrons. The van der Waals surface area contributed by atoms with E-state index in [1.54, 1.807) is 0 Å². The molecule has 3 N–H and O–H groups in total. The summed E-state index contributed by atoms with van der Waals surface area (Å²) in [5.74, 6) is -0.0305. The zero-order valence-electron chi connectivity index (χ0n) is 13.8. The van der Waals surface area contributed by atoms with Crippen LogP contribution in [0.25, 0.3) is 0 Å². The van der Waals surface area contributed by atoms with E-state index in [4.69, 9.17) is 10.5 Å². The Morgan fingerprint density at radius 1 is 1.25 bits per heavy atom. The largest absolute Gasteiger partial charge is 0.361 e. The molecule has 1 rings (SSSR count). The van der Waals surface area contributed by atoms with Gasteiger partial charge in [-0.3, -0.25) is 4.79 Å². The number of carbonyl (C=O) groups is 1. The summed E-state index contributed by atoms with van der Waals surface area (Å²) in [6.45, 7) is 10.9. The fourth-order valence-electron chi connectivity index (χ4n) is 2.64. The topological polar surface area (TPSA) is 64.3 Å². The van der Waals surface area contributed by atoms with Crippen LogP contribution in [0.1, 0.15) is 66.7 Å². The van der Waals surface area contributed by atoms with E-state index >= 15 is 0 Å². The average molecular weight is 284 g/mol. The van der Waals surface area contributed by atoms with Crippen molar-refractivity contribution in [2.45, 2.75) is 84.5 Å². The minimum atomic E-state index is -0.436. The number of rotatable bonds is 6. The molecule has 0 aromatic heterocycles. The summed E-state index contributed by atoms with van der Waals surface area (Å²) in [5.41, 5.74) is 5.99. The number of amides is 1. The molecule has 0 bridgehead atoms. The van der Waals surface area contributed by atoms with Gasteiger partial charge in [0.25, 0.3) is 0 Å². The SMILES string of the molecule is CCC(C)NC(=O)C(C)OC1(CN)CCC(C)(C)CC1. The third-order valence-electron chi connectivity index (χ3n) is 4.68. The molecule has 0 radical (unpaired) electrons. The van der Waals surface area contributed by atoms with Crippen molar-refractivity contribution in [1.29, 1.82) is 0 Å². The third-order valence-corrected chi connectivity index (χ3v) is 4.68. The number of hydrogen-bond donors (Lipinski definition) is 2. The van der Waals surface area contributed by atoms with Crippen molar-refractivity contribution in [3.63, 3.8) is 0 Å². The van der Waals surface area contributed by atoms with Gasteiger partial charge < -0.3 is 15.8 Å². The molecule has 1 amide bonds. The molecule has 0 heterocycles. The number of hydrogen-bond acceptors (Lipinski definition) is 3. The highest BCUT2D eigenvalue weighted by atomic mass is 16.5.